The number of hydrogen-bond donors (Lipinski definition) is 0. The number of rotatable bonds is 8. The molecule has 0 aromatic heterocycles. The first-order chi connectivity index (χ1) is 13.5. The fraction of sp³-hybridized carbons (Fsp3) is 0.308. The van der Waals surface area contributed by atoms with Gasteiger partial charge >= 0.3 is 0 Å². The van der Waals surface area contributed by atoms with Crippen LogP contribution in [0.3, 0.4) is 0 Å². The van der Waals surface area contributed by atoms with Gasteiger partial charge in [-0.05, 0) is 53.8 Å². The molecule has 0 heterocycles. The van der Waals surface area contributed by atoms with E-state index >= 15 is 0 Å². The summed E-state index contributed by atoms with van der Waals surface area (Å²) in [4.78, 5) is 0. The van der Waals surface area contributed by atoms with Crippen LogP contribution in [-0.4, -0.2) is 13.2 Å². The van der Waals surface area contributed by atoms with Crippen LogP contribution >= 0.6 is 0 Å². The van der Waals surface area contributed by atoms with Gasteiger partial charge in [-0.25, -0.2) is 0 Å². The summed E-state index contributed by atoms with van der Waals surface area (Å²) in [5, 5.41) is 0. The van der Waals surface area contributed by atoms with Gasteiger partial charge in [0.1, 0.15) is 5.75 Å². The highest BCUT2D eigenvalue weighted by molar-refractivity contribution is 5.68. The van der Waals surface area contributed by atoms with Crippen molar-refractivity contribution in [3.8, 4) is 16.9 Å². The Kier molecular flexibility index (Phi) is 6.53. The van der Waals surface area contributed by atoms with E-state index in [1.165, 1.54) is 27.8 Å². The van der Waals surface area contributed by atoms with Gasteiger partial charge in [0.15, 0.2) is 0 Å². The molecule has 0 spiro atoms. The fourth-order valence-electron chi connectivity index (χ4n) is 3.44. The van der Waals surface area contributed by atoms with Crippen molar-refractivity contribution in [3.63, 3.8) is 0 Å². The second-order valence-electron chi connectivity index (χ2n) is 7.79. The van der Waals surface area contributed by atoms with Crippen LogP contribution in [0.1, 0.15) is 37.5 Å². The quantitative estimate of drug-likeness (QED) is 0.445. The minimum Gasteiger partial charge on any atom is -0.494 e. The summed E-state index contributed by atoms with van der Waals surface area (Å²) in [6, 6.07) is 25.3. The van der Waals surface area contributed by atoms with Gasteiger partial charge in [-0.15, -0.1) is 0 Å². The van der Waals surface area contributed by atoms with Crippen molar-refractivity contribution in [2.75, 3.05) is 13.2 Å². The van der Waals surface area contributed by atoms with Gasteiger partial charge < -0.3 is 9.47 Å². The molecule has 2 nitrogen and oxygen atoms in total. The maximum Gasteiger partial charge on any atom is 0.119 e. The minimum absolute atomic E-state index is 0.0598. The normalized spacial score (nSPS) is 11.4. The molecular formula is C26H30O2. The van der Waals surface area contributed by atoms with Crippen LogP contribution in [0.5, 0.6) is 5.75 Å². The third-order valence-electron chi connectivity index (χ3n) is 5.20. The Hall–Kier alpha value is -2.58. The van der Waals surface area contributed by atoms with E-state index in [4.69, 9.17) is 9.47 Å². The first-order valence-electron chi connectivity index (χ1n) is 9.96. The van der Waals surface area contributed by atoms with E-state index in [1.54, 1.807) is 0 Å². The zero-order valence-electron chi connectivity index (χ0n) is 17.4. The maximum absolute atomic E-state index is 6.16. The highest BCUT2D eigenvalue weighted by Gasteiger charge is 2.21. The molecule has 0 N–H and O–H groups in total. The fourth-order valence-corrected chi connectivity index (χ4v) is 3.44. The Morgan fingerprint density at radius 3 is 2.21 bits per heavy atom. The first-order valence-corrected chi connectivity index (χ1v) is 9.96. The van der Waals surface area contributed by atoms with E-state index in [-0.39, 0.29) is 5.41 Å². The van der Waals surface area contributed by atoms with Crippen molar-refractivity contribution >= 4 is 0 Å². The number of ether oxygens (including phenoxy) is 2. The third kappa shape index (κ3) is 4.82. The van der Waals surface area contributed by atoms with E-state index in [0.717, 1.165) is 5.75 Å². The van der Waals surface area contributed by atoms with E-state index in [1.807, 2.05) is 19.1 Å². The summed E-state index contributed by atoms with van der Waals surface area (Å²) in [7, 11) is 0. The lowest BCUT2D eigenvalue weighted by Gasteiger charge is -2.25. The van der Waals surface area contributed by atoms with Gasteiger partial charge in [0.25, 0.3) is 0 Å². The Labute approximate surface area is 169 Å². The lowest BCUT2D eigenvalue weighted by atomic mass is 9.85. The van der Waals surface area contributed by atoms with Gasteiger partial charge in [-0.2, -0.15) is 0 Å². The van der Waals surface area contributed by atoms with Gasteiger partial charge in [0.05, 0.1) is 19.8 Å². The summed E-state index contributed by atoms with van der Waals surface area (Å²) >= 11 is 0. The molecule has 3 rings (SSSR count). The van der Waals surface area contributed by atoms with E-state index in [2.05, 4.69) is 81.4 Å². The van der Waals surface area contributed by atoms with Crippen LogP contribution in [0.25, 0.3) is 11.1 Å². The Morgan fingerprint density at radius 2 is 1.54 bits per heavy atom. The lowest BCUT2D eigenvalue weighted by molar-refractivity contribution is 0.0822. The molecular weight excluding hydrogens is 344 g/mol. The second-order valence-corrected chi connectivity index (χ2v) is 7.79. The van der Waals surface area contributed by atoms with Crippen LogP contribution < -0.4 is 4.74 Å². The summed E-state index contributed by atoms with van der Waals surface area (Å²) in [6.07, 6.45) is 0. The van der Waals surface area contributed by atoms with Crippen molar-refractivity contribution in [2.24, 2.45) is 0 Å². The molecule has 0 atom stereocenters. The van der Waals surface area contributed by atoms with Crippen LogP contribution in [-0.2, 0) is 16.8 Å². The second kappa shape index (κ2) is 9.07. The van der Waals surface area contributed by atoms with Gasteiger partial charge in [0.2, 0.25) is 0 Å². The maximum atomic E-state index is 6.16. The first kappa shape index (κ1) is 20.2. The van der Waals surface area contributed by atoms with Crippen LogP contribution in [0.4, 0.5) is 0 Å². The molecule has 0 fully saturated rings. The highest BCUT2D eigenvalue weighted by Crippen LogP contribution is 2.28. The summed E-state index contributed by atoms with van der Waals surface area (Å²) < 4.78 is 11.7. The summed E-state index contributed by atoms with van der Waals surface area (Å²) in [5.41, 5.74) is 6.24. The third-order valence-corrected chi connectivity index (χ3v) is 5.20. The summed E-state index contributed by atoms with van der Waals surface area (Å²) in [6.45, 7) is 10.6. The molecule has 146 valence electrons. The molecule has 0 saturated carbocycles. The topological polar surface area (TPSA) is 18.5 Å². The predicted octanol–water partition coefficient (Wildman–Crippen LogP) is 6.56. The summed E-state index contributed by atoms with van der Waals surface area (Å²) in [5.74, 6) is 0.913. The van der Waals surface area contributed by atoms with Crippen molar-refractivity contribution < 1.29 is 9.47 Å². The molecule has 0 aliphatic carbocycles. The van der Waals surface area contributed by atoms with Gasteiger partial charge in [-0.1, -0.05) is 74.5 Å². The monoisotopic (exact) mass is 374 g/mol. The smallest absolute Gasteiger partial charge is 0.119 e. The predicted molar refractivity (Wildman–Crippen MR) is 117 cm³/mol. The molecule has 0 amide bonds. The van der Waals surface area contributed by atoms with Crippen molar-refractivity contribution in [1.29, 1.82) is 0 Å². The average Bonchev–Trinajstić information content (AvgIpc) is 2.70. The van der Waals surface area contributed by atoms with Gasteiger partial charge in [-0.3, -0.25) is 0 Å². The standard InChI is InChI=1S/C26H30O2/c1-5-28-24-16-14-23(15-17-24)26(3,4)19-27-18-22-12-9-13-25(20(22)2)21-10-7-6-8-11-21/h6-17H,5,18-19H2,1-4H3. The largest absolute Gasteiger partial charge is 0.494 e. The van der Waals surface area contributed by atoms with Crippen LogP contribution in [0.15, 0.2) is 72.8 Å². The molecule has 0 bridgehead atoms. The lowest BCUT2D eigenvalue weighted by Crippen LogP contribution is -2.24. The van der Waals surface area contributed by atoms with Crippen molar-refractivity contribution in [1.82, 2.24) is 0 Å². The Morgan fingerprint density at radius 1 is 0.821 bits per heavy atom. The van der Waals surface area contributed by atoms with Crippen molar-refractivity contribution in [2.45, 2.75) is 39.7 Å². The molecule has 3 aromatic carbocycles. The zero-order valence-corrected chi connectivity index (χ0v) is 17.4. The zero-order chi connectivity index (χ0) is 20.0. The minimum atomic E-state index is -0.0598. The van der Waals surface area contributed by atoms with Crippen LogP contribution in [0.2, 0.25) is 0 Å². The highest BCUT2D eigenvalue weighted by atomic mass is 16.5. The Balaban J connectivity index is 1.66. The molecule has 0 radical (unpaired) electrons. The van der Waals surface area contributed by atoms with Gasteiger partial charge in [0, 0.05) is 5.41 Å². The van der Waals surface area contributed by atoms with Crippen molar-refractivity contribution in [3.05, 3.63) is 89.5 Å². The molecule has 2 heteroatoms. The molecule has 0 saturated heterocycles. The van der Waals surface area contributed by atoms with Crippen LogP contribution in [0, 0.1) is 6.92 Å². The average molecular weight is 375 g/mol. The molecule has 0 aliphatic rings. The molecule has 0 unspecified atom stereocenters. The van der Waals surface area contributed by atoms with E-state index in [0.29, 0.717) is 19.8 Å². The molecule has 3 aromatic rings. The van der Waals surface area contributed by atoms with E-state index < -0.39 is 0 Å². The number of benzene rings is 3. The van der Waals surface area contributed by atoms with E-state index in [9.17, 15) is 0 Å². The molecule has 28 heavy (non-hydrogen) atoms. The SMILES string of the molecule is CCOc1ccc(C(C)(C)COCc2cccc(-c3ccccc3)c2C)cc1. The Bertz CT molecular complexity index is 880. The molecule has 0 aliphatic heterocycles. The number of hydrogen-bond acceptors (Lipinski definition) is 2.